The lowest BCUT2D eigenvalue weighted by molar-refractivity contribution is 0.454. The Kier molecular flexibility index (Phi) is 5.30. The van der Waals surface area contributed by atoms with Crippen LogP contribution in [0.5, 0.6) is 0 Å². The number of rotatable bonds is 7. The first-order valence-electron chi connectivity index (χ1n) is 7.35. The Morgan fingerprint density at radius 1 is 1.25 bits per heavy atom. The molecule has 0 saturated heterocycles. The van der Waals surface area contributed by atoms with Crippen LogP contribution in [0.2, 0.25) is 0 Å². The van der Waals surface area contributed by atoms with Crippen molar-refractivity contribution in [3.63, 3.8) is 0 Å². The van der Waals surface area contributed by atoms with E-state index in [1.807, 2.05) is 11.7 Å². The van der Waals surface area contributed by atoms with Gasteiger partial charge >= 0.3 is 0 Å². The van der Waals surface area contributed by atoms with Gasteiger partial charge in [0.15, 0.2) is 0 Å². The van der Waals surface area contributed by atoms with Crippen molar-refractivity contribution in [2.24, 2.45) is 0 Å². The van der Waals surface area contributed by atoms with Gasteiger partial charge in [0.25, 0.3) is 0 Å². The standard InChI is InChI=1S/C16H24N4/c1-4-10-20-16(18-12-19-20)11-15(17-3)13(2)14-8-6-5-7-9-14/h5-9,12-13,15,17H,4,10-11H2,1-3H3. The predicted molar refractivity (Wildman–Crippen MR) is 81.7 cm³/mol. The number of hydrogen-bond donors (Lipinski definition) is 1. The van der Waals surface area contributed by atoms with Crippen LogP contribution in [0.3, 0.4) is 0 Å². The largest absolute Gasteiger partial charge is 0.316 e. The minimum absolute atomic E-state index is 0.359. The molecule has 20 heavy (non-hydrogen) atoms. The van der Waals surface area contributed by atoms with E-state index < -0.39 is 0 Å². The van der Waals surface area contributed by atoms with Crippen LogP contribution in [0.15, 0.2) is 36.7 Å². The predicted octanol–water partition coefficient (Wildman–Crippen LogP) is 2.62. The van der Waals surface area contributed by atoms with Crippen LogP contribution < -0.4 is 5.32 Å². The minimum Gasteiger partial charge on any atom is -0.316 e. The van der Waals surface area contributed by atoms with Gasteiger partial charge in [-0.1, -0.05) is 44.2 Å². The van der Waals surface area contributed by atoms with Crippen LogP contribution in [0.4, 0.5) is 0 Å². The molecule has 2 aromatic rings. The average molecular weight is 272 g/mol. The van der Waals surface area contributed by atoms with E-state index in [-0.39, 0.29) is 0 Å². The van der Waals surface area contributed by atoms with Crippen molar-refractivity contribution in [2.75, 3.05) is 7.05 Å². The second-order valence-corrected chi connectivity index (χ2v) is 5.20. The maximum Gasteiger partial charge on any atom is 0.138 e. The lowest BCUT2D eigenvalue weighted by atomic mass is 9.91. The Morgan fingerprint density at radius 3 is 2.65 bits per heavy atom. The zero-order valence-corrected chi connectivity index (χ0v) is 12.6. The second kappa shape index (κ2) is 7.20. The molecule has 4 nitrogen and oxygen atoms in total. The molecule has 0 aliphatic heterocycles. The molecule has 1 heterocycles. The highest BCUT2D eigenvalue weighted by Gasteiger charge is 2.19. The zero-order valence-electron chi connectivity index (χ0n) is 12.6. The Morgan fingerprint density at radius 2 is 2.00 bits per heavy atom. The first kappa shape index (κ1) is 14.7. The van der Waals surface area contributed by atoms with E-state index in [0.29, 0.717) is 12.0 Å². The van der Waals surface area contributed by atoms with Crippen molar-refractivity contribution >= 4 is 0 Å². The smallest absolute Gasteiger partial charge is 0.138 e. The highest BCUT2D eigenvalue weighted by Crippen LogP contribution is 2.21. The maximum absolute atomic E-state index is 4.41. The van der Waals surface area contributed by atoms with E-state index in [0.717, 1.165) is 25.2 Å². The Bertz CT molecular complexity index is 506. The molecule has 0 bridgehead atoms. The van der Waals surface area contributed by atoms with Gasteiger partial charge in [0.1, 0.15) is 12.2 Å². The number of hydrogen-bond acceptors (Lipinski definition) is 3. The van der Waals surface area contributed by atoms with Crippen molar-refractivity contribution in [3.8, 4) is 0 Å². The van der Waals surface area contributed by atoms with Gasteiger partial charge in [0.05, 0.1) is 0 Å². The summed E-state index contributed by atoms with van der Waals surface area (Å²) in [5, 5.41) is 7.73. The fraction of sp³-hybridized carbons (Fsp3) is 0.500. The van der Waals surface area contributed by atoms with Crippen LogP contribution in [0.25, 0.3) is 0 Å². The molecule has 1 aromatic carbocycles. The van der Waals surface area contributed by atoms with Crippen LogP contribution in [0, 0.1) is 0 Å². The summed E-state index contributed by atoms with van der Waals surface area (Å²) in [6.07, 6.45) is 3.63. The van der Waals surface area contributed by atoms with Crippen molar-refractivity contribution in [1.82, 2.24) is 20.1 Å². The summed E-state index contributed by atoms with van der Waals surface area (Å²) >= 11 is 0. The van der Waals surface area contributed by atoms with Crippen molar-refractivity contribution in [1.29, 1.82) is 0 Å². The van der Waals surface area contributed by atoms with E-state index in [1.54, 1.807) is 6.33 Å². The molecule has 0 spiro atoms. The molecule has 2 unspecified atom stereocenters. The van der Waals surface area contributed by atoms with Gasteiger partial charge in [-0.25, -0.2) is 4.98 Å². The van der Waals surface area contributed by atoms with E-state index in [1.165, 1.54) is 5.56 Å². The summed E-state index contributed by atoms with van der Waals surface area (Å²) in [6.45, 7) is 5.36. The van der Waals surface area contributed by atoms with Gasteiger partial charge in [-0.05, 0) is 24.9 Å². The van der Waals surface area contributed by atoms with Crippen molar-refractivity contribution < 1.29 is 0 Å². The SMILES string of the molecule is CCCn1ncnc1CC(NC)C(C)c1ccccc1. The quantitative estimate of drug-likeness (QED) is 0.842. The van der Waals surface area contributed by atoms with Gasteiger partial charge in [0.2, 0.25) is 0 Å². The number of nitrogens with one attached hydrogen (secondary N) is 1. The molecule has 0 radical (unpaired) electrons. The first-order valence-corrected chi connectivity index (χ1v) is 7.35. The summed E-state index contributed by atoms with van der Waals surface area (Å²) in [5.74, 6) is 1.50. The Labute approximate surface area is 121 Å². The zero-order chi connectivity index (χ0) is 14.4. The molecule has 0 aliphatic carbocycles. The lowest BCUT2D eigenvalue weighted by Crippen LogP contribution is -2.34. The molecule has 0 fully saturated rings. The summed E-state index contributed by atoms with van der Waals surface area (Å²) < 4.78 is 2.02. The van der Waals surface area contributed by atoms with Crippen LogP contribution >= 0.6 is 0 Å². The van der Waals surface area contributed by atoms with Gasteiger partial charge in [0, 0.05) is 19.0 Å². The molecule has 1 aromatic heterocycles. The Balaban J connectivity index is 2.10. The molecule has 0 saturated carbocycles. The van der Waals surface area contributed by atoms with Gasteiger partial charge in [-0.15, -0.1) is 0 Å². The number of aryl methyl sites for hydroxylation is 1. The third-order valence-electron chi connectivity index (χ3n) is 3.83. The summed E-state index contributed by atoms with van der Waals surface area (Å²) in [4.78, 5) is 4.41. The Hall–Kier alpha value is -1.68. The van der Waals surface area contributed by atoms with Crippen molar-refractivity contribution in [2.45, 2.75) is 45.2 Å². The highest BCUT2D eigenvalue weighted by molar-refractivity contribution is 5.21. The van der Waals surface area contributed by atoms with Crippen LogP contribution in [-0.4, -0.2) is 27.9 Å². The molecular weight excluding hydrogens is 248 g/mol. The van der Waals surface area contributed by atoms with E-state index in [9.17, 15) is 0 Å². The number of aromatic nitrogens is 3. The summed E-state index contributed by atoms with van der Waals surface area (Å²) in [6, 6.07) is 11.0. The topological polar surface area (TPSA) is 42.7 Å². The second-order valence-electron chi connectivity index (χ2n) is 5.20. The maximum atomic E-state index is 4.41. The summed E-state index contributed by atoms with van der Waals surface area (Å²) in [5.41, 5.74) is 1.36. The van der Waals surface area contributed by atoms with Crippen LogP contribution in [-0.2, 0) is 13.0 Å². The van der Waals surface area contributed by atoms with Gasteiger partial charge < -0.3 is 5.32 Å². The van der Waals surface area contributed by atoms with Crippen molar-refractivity contribution in [3.05, 3.63) is 48.0 Å². The third-order valence-corrected chi connectivity index (χ3v) is 3.83. The van der Waals surface area contributed by atoms with E-state index in [2.05, 4.69) is 59.6 Å². The third kappa shape index (κ3) is 3.45. The molecule has 4 heteroatoms. The molecule has 108 valence electrons. The molecular formula is C16H24N4. The molecule has 0 aliphatic rings. The highest BCUT2D eigenvalue weighted by atomic mass is 15.3. The first-order chi connectivity index (χ1) is 9.76. The fourth-order valence-electron chi connectivity index (χ4n) is 2.56. The van der Waals surface area contributed by atoms with E-state index >= 15 is 0 Å². The average Bonchev–Trinajstić information content (AvgIpc) is 2.92. The summed E-state index contributed by atoms with van der Waals surface area (Å²) in [7, 11) is 2.02. The monoisotopic (exact) mass is 272 g/mol. The van der Waals surface area contributed by atoms with Gasteiger partial charge in [-0.3, -0.25) is 4.68 Å². The molecule has 0 amide bonds. The normalized spacial score (nSPS) is 14.2. The molecule has 2 rings (SSSR count). The molecule has 2 atom stereocenters. The van der Waals surface area contributed by atoms with E-state index in [4.69, 9.17) is 0 Å². The number of likely N-dealkylation sites (N-methyl/N-ethyl adjacent to an activating group) is 1. The molecule has 1 N–H and O–H groups in total. The fourth-order valence-corrected chi connectivity index (χ4v) is 2.56. The number of benzene rings is 1. The van der Waals surface area contributed by atoms with Crippen LogP contribution in [0.1, 0.15) is 37.6 Å². The lowest BCUT2D eigenvalue weighted by Gasteiger charge is -2.23. The minimum atomic E-state index is 0.359. The number of nitrogens with zero attached hydrogens (tertiary/aromatic N) is 3. The van der Waals surface area contributed by atoms with Gasteiger partial charge in [-0.2, -0.15) is 5.10 Å².